The van der Waals surface area contributed by atoms with Crippen LogP contribution >= 0.6 is 0 Å². The summed E-state index contributed by atoms with van der Waals surface area (Å²) in [4.78, 5) is 2.47. The molecule has 1 rings (SSSR count). The quantitative estimate of drug-likeness (QED) is 0.613. The van der Waals surface area contributed by atoms with E-state index in [2.05, 4.69) is 17.1 Å². The third kappa shape index (κ3) is 4.92. The minimum absolute atomic E-state index is 0.303. The molecule has 1 saturated heterocycles. The van der Waals surface area contributed by atoms with Crippen molar-refractivity contribution in [3.05, 3.63) is 0 Å². The minimum Gasteiger partial charge on any atom is -0.381 e. The van der Waals surface area contributed by atoms with Gasteiger partial charge in [0.05, 0.1) is 13.2 Å². The molecule has 0 bridgehead atoms. The van der Waals surface area contributed by atoms with Gasteiger partial charge in [0.15, 0.2) is 0 Å². The van der Waals surface area contributed by atoms with Crippen LogP contribution in [0.5, 0.6) is 0 Å². The summed E-state index contributed by atoms with van der Waals surface area (Å²) < 4.78 is 11.0. The zero-order chi connectivity index (χ0) is 12.6. The van der Waals surface area contributed by atoms with Gasteiger partial charge < -0.3 is 19.7 Å². The number of likely N-dealkylation sites (N-methyl/N-ethyl adjacent to an activating group) is 1. The van der Waals surface area contributed by atoms with Gasteiger partial charge in [-0.15, -0.1) is 0 Å². The van der Waals surface area contributed by atoms with Gasteiger partial charge in [0.25, 0.3) is 0 Å². The van der Waals surface area contributed by atoms with Crippen LogP contribution in [0.1, 0.15) is 20.3 Å². The van der Waals surface area contributed by atoms with E-state index < -0.39 is 0 Å². The molecule has 0 saturated carbocycles. The van der Waals surface area contributed by atoms with Crippen molar-refractivity contribution in [2.24, 2.45) is 5.41 Å². The Hall–Kier alpha value is -0.160. The van der Waals surface area contributed by atoms with Gasteiger partial charge >= 0.3 is 0 Å². The fourth-order valence-electron chi connectivity index (χ4n) is 2.51. The third-order valence-electron chi connectivity index (χ3n) is 3.50. The molecule has 0 spiro atoms. The molecule has 4 heteroatoms. The first-order valence-corrected chi connectivity index (χ1v) is 6.79. The molecular weight excluding hydrogens is 216 g/mol. The van der Waals surface area contributed by atoms with Gasteiger partial charge in [0, 0.05) is 38.3 Å². The summed E-state index contributed by atoms with van der Waals surface area (Å²) >= 11 is 0. The lowest BCUT2D eigenvalue weighted by molar-refractivity contribution is 0.0787. The summed E-state index contributed by atoms with van der Waals surface area (Å²) in [5.74, 6) is 0. The maximum atomic E-state index is 5.59. The van der Waals surface area contributed by atoms with Gasteiger partial charge in [-0.25, -0.2) is 0 Å². The van der Waals surface area contributed by atoms with Crippen molar-refractivity contribution in [1.82, 2.24) is 10.2 Å². The Labute approximate surface area is 106 Å². The predicted molar refractivity (Wildman–Crippen MR) is 70.4 cm³/mol. The molecule has 1 heterocycles. The highest BCUT2D eigenvalue weighted by atomic mass is 16.5. The molecule has 1 atom stereocenters. The molecule has 1 fully saturated rings. The van der Waals surface area contributed by atoms with E-state index in [0.29, 0.717) is 5.41 Å². The topological polar surface area (TPSA) is 33.7 Å². The first kappa shape index (κ1) is 14.9. The number of rotatable bonds is 9. The summed E-state index contributed by atoms with van der Waals surface area (Å²) in [6.45, 7) is 12.0. The molecule has 1 N–H and O–H groups in total. The van der Waals surface area contributed by atoms with Crippen LogP contribution in [0.15, 0.2) is 0 Å². The average molecular weight is 244 g/mol. The molecule has 4 nitrogen and oxygen atoms in total. The van der Waals surface area contributed by atoms with Crippen molar-refractivity contribution in [3.8, 4) is 0 Å². The summed E-state index contributed by atoms with van der Waals surface area (Å²) in [6, 6.07) is 0. The zero-order valence-corrected chi connectivity index (χ0v) is 11.6. The van der Waals surface area contributed by atoms with Crippen LogP contribution in [0.4, 0.5) is 0 Å². The molecule has 0 aromatic carbocycles. The second kappa shape index (κ2) is 8.03. The van der Waals surface area contributed by atoms with Crippen molar-refractivity contribution in [1.29, 1.82) is 0 Å². The molecule has 0 aromatic heterocycles. The zero-order valence-electron chi connectivity index (χ0n) is 11.6. The fourth-order valence-corrected chi connectivity index (χ4v) is 2.51. The number of nitrogens with zero attached hydrogens (tertiary/aromatic N) is 1. The summed E-state index contributed by atoms with van der Waals surface area (Å²) in [6.07, 6.45) is 1.17. The van der Waals surface area contributed by atoms with Crippen LogP contribution in [-0.2, 0) is 9.47 Å². The minimum atomic E-state index is 0.303. The molecule has 0 aliphatic carbocycles. The number of hydrogen-bond donors (Lipinski definition) is 1. The van der Waals surface area contributed by atoms with Crippen molar-refractivity contribution < 1.29 is 9.47 Å². The molecule has 102 valence electrons. The fraction of sp³-hybridized carbons (Fsp3) is 1.00. The first-order chi connectivity index (χ1) is 8.26. The van der Waals surface area contributed by atoms with E-state index in [1.807, 2.05) is 14.0 Å². The number of ether oxygens (including phenoxy) is 2. The number of hydrogen-bond acceptors (Lipinski definition) is 4. The Kier molecular flexibility index (Phi) is 7.04. The highest BCUT2D eigenvalue weighted by Crippen LogP contribution is 2.28. The van der Waals surface area contributed by atoms with Crippen molar-refractivity contribution in [2.75, 3.05) is 59.7 Å². The van der Waals surface area contributed by atoms with Crippen LogP contribution in [-0.4, -0.2) is 64.6 Å². The summed E-state index contributed by atoms with van der Waals surface area (Å²) in [7, 11) is 2.02. The summed E-state index contributed by atoms with van der Waals surface area (Å²) in [5, 5.41) is 3.31. The molecule has 1 unspecified atom stereocenters. The highest BCUT2D eigenvalue weighted by molar-refractivity contribution is 4.88. The van der Waals surface area contributed by atoms with Gasteiger partial charge in [-0.3, -0.25) is 0 Å². The lowest BCUT2D eigenvalue weighted by atomic mass is 9.86. The van der Waals surface area contributed by atoms with Crippen LogP contribution < -0.4 is 5.32 Å². The third-order valence-corrected chi connectivity index (χ3v) is 3.50. The Balaban J connectivity index is 2.40. The normalized spacial score (nSPS) is 24.7. The van der Waals surface area contributed by atoms with E-state index in [4.69, 9.17) is 9.47 Å². The average Bonchev–Trinajstić information content (AvgIpc) is 2.77. The Morgan fingerprint density at radius 3 is 2.76 bits per heavy atom. The largest absolute Gasteiger partial charge is 0.381 e. The van der Waals surface area contributed by atoms with Crippen LogP contribution in [0.25, 0.3) is 0 Å². The maximum absolute atomic E-state index is 5.59. The van der Waals surface area contributed by atoms with Crippen molar-refractivity contribution in [2.45, 2.75) is 20.3 Å². The second-order valence-corrected chi connectivity index (χ2v) is 4.90. The predicted octanol–water partition coefficient (Wildman–Crippen LogP) is 0.971. The van der Waals surface area contributed by atoms with E-state index in [1.165, 1.54) is 6.42 Å². The first-order valence-electron chi connectivity index (χ1n) is 6.79. The monoisotopic (exact) mass is 244 g/mol. The van der Waals surface area contributed by atoms with Gasteiger partial charge in [-0.2, -0.15) is 0 Å². The molecule has 1 aliphatic rings. The van der Waals surface area contributed by atoms with Gasteiger partial charge in [-0.1, -0.05) is 6.92 Å². The number of nitrogens with one attached hydrogen (secondary N) is 1. The molecule has 0 amide bonds. The van der Waals surface area contributed by atoms with Crippen molar-refractivity contribution >= 4 is 0 Å². The van der Waals surface area contributed by atoms with Gasteiger partial charge in [0.2, 0.25) is 0 Å². The van der Waals surface area contributed by atoms with E-state index in [1.54, 1.807) is 0 Å². The van der Waals surface area contributed by atoms with E-state index >= 15 is 0 Å². The van der Waals surface area contributed by atoms with E-state index in [9.17, 15) is 0 Å². The maximum Gasteiger partial charge on any atom is 0.0593 e. The summed E-state index contributed by atoms with van der Waals surface area (Å²) in [5.41, 5.74) is 0.303. The Bertz CT molecular complexity index is 194. The van der Waals surface area contributed by atoms with Gasteiger partial charge in [0.1, 0.15) is 0 Å². The molecular formula is C13H28N2O2. The second-order valence-electron chi connectivity index (χ2n) is 4.90. The Morgan fingerprint density at radius 2 is 2.24 bits per heavy atom. The van der Waals surface area contributed by atoms with Gasteiger partial charge in [-0.05, 0) is 26.9 Å². The SMILES string of the molecule is CCOCCN(CC)CC1(CNC)CCOC1. The smallest absolute Gasteiger partial charge is 0.0593 e. The highest BCUT2D eigenvalue weighted by Gasteiger charge is 2.35. The lowest BCUT2D eigenvalue weighted by Gasteiger charge is -2.33. The standard InChI is InChI=1S/C13H28N2O2/c1-4-15(7-9-16-5-2)11-13(10-14-3)6-8-17-12-13/h14H,4-12H2,1-3H3. The van der Waals surface area contributed by atoms with Crippen LogP contribution in [0, 0.1) is 5.41 Å². The van der Waals surface area contributed by atoms with Crippen molar-refractivity contribution in [3.63, 3.8) is 0 Å². The molecule has 0 radical (unpaired) electrons. The van der Waals surface area contributed by atoms with E-state index in [0.717, 1.165) is 52.6 Å². The van der Waals surface area contributed by atoms with Crippen LogP contribution in [0.3, 0.4) is 0 Å². The Morgan fingerprint density at radius 1 is 1.41 bits per heavy atom. The lowest BCUT2D eigenvalue weighted by Crippen LogP contribution is -2.45. The molecule has 0 aromatic rings. The molecule has 17 heavy (non-hydrogen) atoms. The van der Waals surface area contributed by atoms with E-state index in [-0.39, 0.29) is 0 Å². The van der Waals surface area contributed by atoms with Crippen LogP contribution in [0.2, 0.25) is 0 Å². The molecule has 1 aliphatic heterocycles.